The van der Waals surface area contributed by atoms with E-state index in [9.17, 15) is 4.79 Å². The third kappa shape index (κ3) is 2.78. The molecule has 0 N–H and O–H groups in total. The zero-order valence-electron chi connectivity index (χ0n) is 16.4. The van der Waals surface area contributed by atoms with Crippen LogP contribution in [0.2, 0.25) is 0 Å². The zero-order chi connectivity index (χ0) is 20.0. The van der Waals surface area contributed by atoms with Crippen LogP contribution in [0.4, 0.5) is 0 Å². The summed E-state index contributed by atoms with van der Waals surface area (Å²) < 4.78 is 11.8. The Kier molecular flexibility index (Phi) is 4.09. The molecule has 0 saturated heterocycles. The summed E-state index contributed by atoms with van der Waals surface area (Å²) in [6.07, 6.45) is 5.11. The highest BCUT2D eigenvalue weighted by Gasteiger charge is 2.14. The number of aryl methyl sites for hydroxylation is 1. The number of para-hydroxylation sites is 1. The van der Waals surface area contributed by atoms with E-state index in [1.165, 1.54) is 0 Å². The van der Waals surface area contributed by atoms with E-state index in [-0.39, 0.29) is 5.63 Å². The molecule has 0 saturated carbocycles. The van der Waals surface area contributed by atoms with Crippen LogP contribution in [0.1, 0.15) is 24.7 Å². The fourth-order valence-corrected chi connectivity index (χ4v) is 3.92. The molecule has 0 amide bonds. The van der Waals surface area contributed by atoms with Crippen LogP contribution in [-0.4, -0.2) is 0 Å². The van der Waals surface area contributed by atoms with E-state index in [0.29, 0.717) is 11.0 Å². The van der Waals surface area contributed by atoms with Gasteiger partial charge in [0.2, 0.25) is 0 Å². The Hall–Kier alpha value is -3.59. The quantitative estimate of drug-likeness (QED) is 0.248. The first-order valence-corrected chi connectivity index (χ1v) is 9.82. The molecular weight excluding hydrogens is 360 g/mol. The number of furan rings is 1. The van der Waals surface area contributed by atoms with Gasteiger partial charge in [-0.3, -0.25) is 0 Å². The molecule has 3 aromatic carbocycles. The number of allylic oxidation sites excluding steroid dienone is 1. The van der Waals surface area contributed by atoms with Crippen molar-refractivity contribution < 1.29 is 8.83 Å². The summed E-state index contributed by atoms with van der Waals surface area (Å²) in [6, 6.07) is 19.7. The van der Waals surface area contributed by atoms with Gasteiger partial charge in [-0.1, -0.05) is 55.5 Å². The predicted octanol–water partition coefficient (Wildman–Crippen LogP) is 7.09. The normalized spacial score (nSPS) is 11.9. The lowest BCUT2D eigenvalue weighted by molar-refractivity contribution is 0.569. The Morgan fingerprint density at radius 2 is 1.66 bits per heavy atom. The molecule has 29 heavy (non-hydrogen) atoms. The molecule has 3 heteroatoms. The maximum absolute atomic E-state index is 12.3. The second kappa shape index (κ2) is 6.78. The first-order chi connectivity index (χ1) is 14.2. The van der Waals surface area contributed by atoms with E-state index < -0.39 is 0 Å². The average molecular weight is 380 g/mol. The van der Waals surface area contributed by atoms with E-state index >= 15 is 0 Å². The van der Waals surface area contributed by atoms with Gasteiger partial charge in [-0.2, -0.15) is 0 Å². The third-order valence-electron chi connectivity index (χ3n) is 5.44. The van der Waals surface area contributed by atoms with Gasteiger partial charge in [0.15, 0.2) is 0 Å². The molecule has 0 fully saturated rings. The van der Waals surface area contributed by atoms with E-state index in [0.717, 1.165) is 50.6 Å². The van der Waals surface area contributed by atoms with Crippen molar-refractivity contribution in [3.63, 3.8) is 0 Å². The van der Waals surface area contributed by atoms with Crippen LogP contribution in [0.3, 0.4) is 0 Å². The molecule has 0 aliphatic rings. The fourth-order valence-electron chi connectivity index (χ4n) is 3.92. The van der Waals surface area contributed by atoms with Crippen molar-refractivity contribution in [1.82, 2.24) is 0 Å². The summed E-state index contributed by atoms with van der Waals surface area (Å²) in [5.74, 6) is 0.895. The lowest BCUT2D eigenvalue weighted by Gasteiger charge is -2.07. The van der Waals surface area contributed by atoms with Crippen LogP contribution >= 0.6 is 0 Å². The first-order valence-electron chi connectivity index (χ1n) is 9.82. The molecule has 0 atom stereocenters. The molecule has 142 valence electrons. The second-order valence-electron chi connectivity index (χ2n) is 7.23. The minimum absolute atomic E-state index is 0.308. The summed E-state index contributed by atoms with van der Waals surface area (Å²) in [4.78, 5) is 12.3. The van der Waals surface area contributed by atoms with Gasteiger partial charge in [0.1, 0.15) is 16.9 Å². The van der Waals surface area contributed by atoms with Crippen molar-refractivity contribution in [2.45, 2.75) is 20.3 Å². The van der Waals surface area contributed by atoms with Crippen LogP contribution in [0, 0.1) is 6.92 Å². The standard InChI is InChI=1S/C26H20O3/c1-3-4-12-23-16(2)18-10-7-11-19(25(18)28-23)17-13-14-24-22(15-17)20-8-5-6-9-21(20)26(27)29-24/h4-15H,3H2,1-2H3/b12-4-. The van der Waals surface area contributed by atoms with Gasteiger partial charge in [0.25, 0.3) is 0 Å². The van der Waals surface area contributed by atoms with Crippen molar-refractivity contribution >= 4 is 38.8 Å². The van der Waals surface area contributed by atoms with E-state index in [1.807, 2.05) is 36.4 Å². The van der Waals surface area contributed by atoms with Gasteiger partial charge in [-0.25, -0.2) is 4.79 Å². The smallest absolute Gasteiger partial charge is 0.344 e. The fraction of sp³-hybridized carbons (Fsp3) is 0.115. The van der Waals surface area contributed by atoms with Crippen molar-refractivity contribution in [1.29, 1.82) is 0 Å². The van der Waals surface area contributed by atoms with Crippen LogP contribution in [0.25, 0.3) is 49.9 Å². The number of fused-ring (bicyclic) bond motifs is 4. The molecule has 2 heterocycles. The predicted molar refractivity (Wildman–Crippen MR) is 119 cm³/mol. The molecule has 2 aromatic heterocycles. The number of benzene rings is 3. The van der Waals surface area contributed by atoms with Crippen molar-refractivity contribution in [3.05, 3.63) is 88.5 Å². The van der Waals surface area contributed by atoms with Gasteiger partial charge >= 0.3 is 5.63 Å². The van der Waals surface area contributed by atoms with Crippen LogP contribution in [0.5, 0.6) is 0 Å². The SMILES string of the molecule is CC/C=C\c1oc2c(-c3ccc4oc(=O)c5ccccc5c4c3)cccc2c1C. The Balaban J connectivity index is 1.79. The molecule has 0 bridgehead atoms. The van der Waals surface area contributed by atoms with Crippen molar-refractivity contribution in [2.75, 3.05) is 0 Å². The lowest BCUT2D eigenvalue weighted by atomic mass is 9.99. The largest absolute Gasteiger partial charge is 0.456 e. The molecule has 0 unspecified atom stereocenters. The molecule has 0 radical (unpaired) electrons. The number of hydrogen-bond acceptors (Lipinski definition) is 3. The Morgan fingerprint density at radius 3 is 2.48 bits per heavy atom. The highest BCUT2D eigenvalue weighted by Crippen LogP contribution is 2.36. The van der Waals surface area contributed by atoms with E-state index in [2.05, 4.69) is 44.2 Å². The van der Waals surface area contributed by atoms with Crippen LogP contribution in [0.15, 0.2) is 80.4 Å². The van der Waals surface area contributed by atoms with Gasteiger partial charge in [-0.05, 0) is 48.6 Å². The third-order valence-corrected chi connectivity index (χ3v) is 5.44. The summed E-state index contributed by atoms with van der Waals surface area (Å²) in [7, 11) is 0. The maximum Gasteiger partial charge on any atom is 0.344 e. The highest BCUT2D eigenvalue weighted by molar-refractivity contribution is 6.06. The highest BCUT2D eigenvalue weighted by atomic mass is 16.4. The minimum Gasteiger partial charge on any atom is -0.456 e. The Bertz CT molecular complexity index is 1460. The molecule has 0 aliphatic carbocycles. The summed E-state index contributed by atoms with van der Waals surface area (Å²) in [5.41, 5.74) is 4.36. The van der Waals surface area contributed by atoms with Crippen LogP contribution < -0.4 is 5.63 Å². The van der Waals surface area contributed by atoms with Crippen molar-refractivity contribution in [2.24, 2.45) is 0 Å². The average Bonchev–Trinajstić information content (AvgIpc) is 3.08. The minimum atomic E-state index is -0.308. The first kappa shape index (κ1) is 17.5. The Labute approximate surface area is 167 Å². The summed E-state index contributed by atoms with van der Waals surface area (Å²) >= 11 is 0. The van der Waals surface area contributed by atoms with Crippen LogP contribution in [-0.2, 0) is 0 Å². The molecule has 0 spiro atoms. The van der Waals surface area contributed by atoms with Crippen molar-refractivity contribution in [3.8, 4) is 11.1 Å². The molecule has 5 aromatic rings. The Morgan fingerprint density at radius 1 is 0.862 bits per heavy atom. The van der Waals surface area contributed by atoms with E-state index in [1.54, 1.807) is 6.07 Å². The van der Waals surface area contributed by atoms with Gasteiger partial charge in [0, 0.05) is 21.9 Å². The van der Waals surface area contributed by atoms with E-state index in [4.69, 9.17) is 8.83 Å². The summed E-state index contributed by atoms with van der Waals surface area (Å²) in [6.45, 7) is 4.20. The monoisotopic (exact) mass is 380 g/mol. The van der Waals surface area contributed by atoms with Gasteiger partial charge in [0.05, 0.1) is 5.39 Å². The maximum atomic E-state index is 12.3. The van der Waals surface area contributed by atoms with Gasteiger partial charge < -0.3 is 8.83 Å². The number of rotatable bonds is 3. The zero-order valence-corrected chi connectivity index (χ0v) is 16.4. The van der Waals surface area contributed by atoms with Gasteiger partial charge in [-0.15, -0.1) is 0 Å². The lowest BCUT2D eigenvalue weighted by Crippen LogP contribution is -1.99. The molecule has 3 nitrogen and oxygen atoms in total. The topological polar surface area (TPSA) is 43.4 Å². The number of hydrogen-bond donors (Lipinski definition) is 0. The molecule has 5 rings (SSSR count). The second-order valence-corrected chi connectivity index (χ2v) is 7.23. The molecule has 0 aliphatic heterocycles. The molecular formula is C26H20O3. The summed E-state index contributed by atoms with van der Waals surface area (Å²) in [5, 5.41) is 3.53.